The van der Waals surface area contributed by atoms with Crippen molar-refractivity contribution in [3.05, 3.63) is 112 Å². The third-order valence-electron chi connectivity index (χ3n) is 7.32. The number of hydrogen-bond donors (Lipinski definition) is 1. The summed E-state index contributed by atoms with van der Waals surface area (Å²) < 4.78 is 3.45. The molecule has 1 N–H and O–H groups in total. The second-order valence-electron chi connectivity index (χ2n) is 10.1. The Morgan fingerprint density at radius 1 is 1.00 bits per heavy atom. The Bertz CT molecular complexity index is 1670. The molecule has 1 atom stereocenters. The lowest BCUT2D eigenvalue weighted by atomic mass is 10.1. The molecule has 2 aromatic carbocycles. The fraction of sp³-hybridized carbons (Fsp3) is 0.258. The van der Waals surface area contributed by atoms with Crippen LogP contribution in [0.1, 0.15) is 41.3 Å². The lowest BCUT2D eigenvalue weighted by Crippen LogP contribution is -2.24. The van der Waals surface area contributed by atoms with E-state index in [1.165, 1.54) is 36.7 Å². The molecule has 1 fully saturated rings. The van der Waals surface area contributed by atoms with E-state index in [4.69, 9.17) is 4.99 Å². The van der Waals surface area contributed by atoms with Crippen LogP contribution in [0.15, 0.2) is 89.0 Å². The molecule has 4 heterocycles. The maximum absolute atomic E-state index is 12.6. The molecular weight excluding hydrogens is 500 g/mol. The molecule has 200 valence electrons. The van der Waals surface area contributed by atoms with Crippen molar-refractivity contribution >= 4 is 11.8 Å². The Balaban J connectivity index is 1.12. The quantitative estimate of drug-likeness (QED) is 0.371. The van der Waals surface area contributed by atoms with Gasteiger partial charge in [-0.25, -0.2) is 4.68 Å². The number of rotatable bonds is 8. The number of benzene rings is 2. The molecule has 0 spiro atoms. The maximum atomic E-state index is 12.6. The SMILES string of the molecule is N#Cc1cccc(-c2ccc(=O)n(Cc3cccc(C4N=CC(c5cnn(CCN6CCCC6)c5)=CN4)c3)n2)c1. The van der Waals surface area contributed by atoms with Crippen molar-refractivity contribution in [2.45, 2.75) is 32.1 Å². The highest BCUT2D eigenvalue weighted by Crippen LogP contribution is 2.23. The third kappa shape index (κ3) is 5.77. The Morgan fingerprint density at radius 3 is 2.70 bits per heavy atom. The Morgan fingerprint density at radius 2 is 1.88 bits per heavy atom. The summed E-state index contributed by atoms with van der Waals surface area (Å²) in [5, 5.41) is 21.7. The van der Waals surface area contributed by atoms with Gasteiger partial charge in [0.2, 0.25) is 0 Å². The summed E-state index contributed by atoms with van der Waals surface area (Å²) in [6.07, 6.45) is 10.2. The second-order valence-corrected chi connectivity index (χ2v) is 10.1. The molecule has 0 aliphatic carbocycles. The first kappa shape index (κ1) is 25.5. The monoisotopic (exact) mass is 530 g/mol. The Kier molecular flexibility index (Phi) is 7.33. The van der Waals surface area contributed by atoms with Crippen molar-refractivity contribution in [3.63, 3.8) is 0 Å². The topological polar surface area (TPSA) is 104 Å². The molecule has 0 radical (unpaired) electrons. The van der Waals surface area contributed by atoms with Gasteiger partial charge in [-0.2, -0.15) is 15.5 Å². The second kappa shape index (κ2) is 11.5. The fourth-order valence-electron chi connectivity index (χ4n) is 5.13. The number of likely N-dealkylation sites (tertiary alicyclic amines) is 1. The largest absolute Gasteiger partial charge is 0.366 e. The number of nitriles is 1. The van der Waals surface area contributed by atoms with Crippen molar-refractivity contribution in [3.8, 4) is 17.3 Å². The van der Waals surface area contributed by atoms with Gasteiger partial charge in [0, 0.05) is 47.9 Å². The van der Waals surface area contributed by atoms with E-state index in [9.17, 15) is 10.1 Å². The highest BCUT2D eigenvalue weighted by molar-refractivity contribution is 6.10. The molecule has 6 rings (SSSR count). The van der Waals surface area contributed by atoms with E-state index in [-0.39, 0.29) is 11.7 Å². The van der Waals surface area contributed by atoms with Crippen molar-refractivity contribution in [1.29, 1.82) is 5.26 Å². The Hall–Kier alpha value is -4.81. The number of aliphatic imine (C=N–C) groups is 1. The summed E-state index contributed by atoms with van der Waals surface area (Å²) in [6.45, 7) is 4.63. The smallest absolute Gasteiger partial charge is 0.267 e. The van der Waals surface area contributed by atoms with Crippen LogP contribution >= 0.6 is 0 Å². The number of nitrogens with one attached hydrogen (secondary N) is 1. The van der Waals surface area contributed by atoms with E-state index in [1.54, 1.807) is 18.2 Å². The maximum Gasteiger partial charge on any atom is 0.267 e. The van der Waals surface area contributed by atoms with Gasteiger partial charge in [0.15, 0.2) is 0 Å². The van der Waals surface area contributed by atoms with Crippen molar-refractivity contribution in [2.75, 3.05) is 19.6 Å². The fourth-order valence-corrected chi connectivity index (χ4v) is 5.13. The van der Waals surface area contributed by atoms with Gasteiger partial charge in [0.05, 0.1) is 36.6 Å². The summed E-state index contributed by atoms with van der Waals surface area (Å²) in [4.78, 5) is 19.8. The average molecular weight is 531 g/mol. The molecule has 2 aromatic heterocycles. The zero-order valence-electron chi connectivity index (χ0n) is 22.1. The summed E-state index contributed by atoms with van der Waals surface area (Å²) in [5.74, 6) is 0. The highest BCUT2D eigenvalue weighted by Gasteiger charge is 2.15. The van der Waals surface area contributed by atoms with Crippen LogP contribution < -0.4 is 10.9 Å². The van der Waals surface area contributed by atoms with Crippen LogP contribution in [0.4, 0.5) is 0 Å². The molecule has 0 amide bonds. The van der Waals surface area contributed by atoms with E-state index in [0.717, 1.165) is 40.9 Å². The minimum absolute atomic E-state index is 0.187. The van der Waals surface area contributed by atoms with Crippen LogP contribution in [0.5, 0.6) is 0 Å². The van der Waals surface area contributed by atoms with Crippen molar-refractivity contribution in [1.82, 2.24) is 29.8 Å². The van der Waals surface area contributed by atoms with Gasteiger partial charge in [-0.3, -0.25) is 14.5 Å². The lowest BCUT2D eigenvalue weighted by Gasteiger charge is -2.19. The van der Waals surface area contributed by atoms with Crippen LogP contribution in [0.3, 0.4) is 0 Å². The van der Waals surface area contributed by atoms with Crippen molar-refractivity contribution in [2.24, 2.45) is 4.99 Å². The van der Waals surface area contributed by atoms with Gasteiger partial charge in [-0.05, 0) is 61.3 Å². The van der Waals surface area contributed by atoms with Gasteiger partial charge in [-0.1, -0.05) is 30.3 Å². The first-order valence-electron chi connectivity index (χ1n) is 13.6. The van der Waals surface area contributed by atoms with Crippen LogP contribution in [0.2, 0.25) is 0 Å². The standard InChI is InChI=1S/C31H30N8O/c32-17-23-5-3-7-25(15-23)29-9-10-30(40)39(36-29)21-24-6-4-8-26(16-24)31-33-18-27(19-34-31)28-20-35-38(22-28)14-13-37-11-1-2-12-37/h3-10,15-16,18-20,22,31,33H,1-2,11-14,21H2. The zero-order chi connectivity index (χ0) is 27.3. The van der Waals surface area contributed by atoms with Gasteiger partial charge in [-0.15, -0.1) is 0 Å². The van der Waals surface area contributed by atoms with E-state index in [2.05, 4.69) is 32.7 Å². The Labute approximate surface area is 232 Å². The van der Waals surface area contributed by atoms with E-state index in [1.807, 2.05) is 59.7 Å². The van der Waals surface area contributed by atoms with Gasteiger partial charge in [0.25, 0.3) is 5.56 Å². The molecule has 0 saturated carbocycles. The molecule has 2 aliphatic heterocycles. The van der Waals surface area contributed by atoms with E-state index >= 15 is 0 Å². The predicted octanol–water partition coefficient (Wildman–Crippen LogP) is 3.84. The van der Waals surface area contributed by atoms with Gasteiger partial charge in [0.1, 0.15) is 6.17 Å². The highest BCUT2D eigenvalue weighted by atomic mass is 16.1. The average Bonchev–Trinajstić information content (AvgIpc) is 3.70. The minimum atomic E-state index is -0.223. The molecule has 0 bridgehead atoms. The molecule has 1 saturated heterocycles. The summed E-state index contributed by atoms with van der Waals surface area (Å²) in [5.41, 5.74) is 5.77. The molecular formula is C31H30N8O. The lowest BCUT2D eigenvalue weighted by molar-refractivity contribution is 0.316. The molecule has 4 aromatic rings. The zero-order valence-corrected chi connectivity index (χ0v) is 22.1. The first-order valence-corrected chi connectivity index (χ1v) is 13.6. The summed E-state index contributed by atoms with van der Waals surface area (Å²) >= 11 is 0. The van der Waals surface area contributed by atoms with Crippen LogP contribution in [-0.4, -0.2) is 50.3 Å². The summed E-state index contributed by atoms with van der Waals surface area (Å²) in [7, 11) is 0. The molecule has 1 unspecified atom stereocenters. The molecule has 9 heteroatoms. The van der Waals surface area contributed by atoms with Crippen LogP contribution in [-0.2, 0) is 13.1 Å². The van der Waals surface area contributed by atoms with Gasteiger partial charge >= 0.3 is 0 Å². The van der Waals surface area contributed by atoms with Crippen LogP contribution in [0.25, 0.3) is 16.8 Å². The molecule has 9 nitrogen and oxygen atoms in total. The molecule has 40 heavy (non-hydrogen) atoms. The first-order chi connectivity index (χ1) is 19.6. The number of allylic oxidation sites excluding steroid dienone is 1. The van der Waals surface area contributed by atoms with Gasteiger partial charge < -0.3 is 10.2 Å². The van der Waals surface area contributed by atoms with Crippen LogP contribution in [0, 0.1) is 11.3 Å². The van der Waals surface area contributed by atoms with E-state index < -0.39 is 0 Å². The number of nitrogens with zero attached hydrogens (tertiary/aromatic N) is 7. The normalized spacial score (nSPS) is 16.9. The minimum Gasteiger partial charge on any atom is -0.366 e. The predicted molar refractivity (Wildman–Crippen MR) is 154 cm³/mol. The third-order valence-corrected chi connectivity index (χ3v) is 7.32. The number of hydrogen-bond acceptors (Lipinski definition) is 7. The number of aromatic nitrogens is 4. The molecule has 2 aliphatic rings. The van der Waals surface area contributed by atoms with E-state index in [0.29, 0.717) is 17.8 Å². The summed E-state index contributed by atoms with van der Waals surface area (Å²) in [6, 6.07) is 20.6. The van der Waals surface area contributed by atoms with Crippen molar-refractivity contribution < 1.29 is 0 Å².